The van der Waals surface area contributed by atoms with E-state index in [0.717, 1.165) is 18.5 Å². The number of rotatable bonds is 8. The molecule has 1 aliphatic heterocycles. The van der Waals surface area contributed by atoms with E-state index in [0.29, 0.717) is 24.0 Å². The van der Waals surface area contributed by atoms with E-state index in [1.54, 1.807) is 42.5 Å². The number of para-hydroxylation sites is 1. The Kier molecular flexibility index (Phi) is 6.73. The number of ether oxygens (including phenoxy) is 3. The molecule has 1 unspecified atom stereocenters. The molecule has 1 atom stereocenters. The second-order valence-electron chi connectivity index (χ2n) is 6.45. The maximum absolute atomic E-state index is 12.7. The minimum Gasteiger partial charge on any atom is -0.497 e. The molecule has 0 fully saturated rings. The van der Waals surface area contributed by atoms with Gasteiger partial charge in [0.1, 0.15) is 23.3 Å². The lowest BCUT2D eigenvalue weighted by molar-refractivity contribution is -0.135. The van der Waals surface area contributed by atoms with Crippen molar-refractivity contribution in [3.05, 3.63) is 66.6 Å². The van der Waals surface area contributed by atoms with Gasteiger partial charge in [-0.05, 0) is 48.9 Å². The number of amidine groups is 1. The summed E-state index contributed by atoms with van der Waals surface area (Å²) in [5.41, 5.74) is 6.90. The van der Waals surface area contributed by atoms with Gasteiger partial charge in [0.15, 0.2) is 0 Å². The van der Waals surface area contributed by atoms with E-state index in [1.807, 2.05) is 30.3 Å². The van der Waals surface area contributed by atoms with Gasteiger partial charge < -0.3 is 19.9 Å². The Hall–Kier alpha value is -3.48. The molecule has 0 amide bonds. The standard InChI is InChI=1S/C22H25N3O4/c1-3-4-14-28-20-15-19(21(23)24-25(20)16-8-6-5-7-9-16)22(26)29-18-12-10-17(27-2)11-13-18/h5-13,15,19H,3-4,14H2,1-2H3,(H2,23,24). The smallest absolute Gasteiger partial charge is 0.326 e. The predicted molar refractivity (Wildman–Crippen MR) is 112 cm³/mol. The van der Waals surface area contributed by atoms with Crippen molar-refractivity contribution in [2.75, 3.05) is 18.7 Å². The van der Waals surface area contributed by atoms with Crippen molar-refractivity contribution in [1.29, 1.82) is 0 Å². The number of nitrogens with zero attached hydrogens (tertiary/aromatic N) is 2. The van der Waals surface area contributed by atoms with Crippen molar-refractivity contribution in [2.24, 2.45) is 16.8 Å². The molecule has 2 aromatic rings. The van der Waals surface area contributed by atoms with E-state index in [4.69, 9.17) is 19.9 Å². The molecule has 0 bridgehead atoms. The normalized spacial score (nSPS) is 15.9. The summed E-state index contributed by atoms with van der Waals surface area (Å²) in [7, 11) is 1.57. The van der Waals surface area contributed by atoms with Gasteiger partial charge in [0.25, 0.3) is 0 Å². The molecule has 7 heteroatoms. The molecule has 152 valence electrons. The zero-order chi connectivity index (χ0) is 20.6. The Morgan fingerprint density at radius 3 is 2.45 bits per heavy atom. The van der Waals surface area contributed by atoms with Crippen molar-refractivity contribution in [1.82, 2.24) is 0 Å². The van der Waals surface area contributed by atoms with E-state index in [-0.39, 0.29) is 5.84 Å². The van der Waals surface area contributed by atoms with E-state index in [2.05, 4.69) is 12.0 Å². The summed E-state index contributed by atoms with van der Waals surface area (Å²) in [5, 5.41) is 6.00. The first kappa shape index (κ1) is 20.3. The minimum absolute atomic E-state index is 0.134. The molecule has 0 saturated carbocycles. The van der Waals surface area contributed by atoms with E-state index < -0.39 is 11.9 Å². The molecular weight excluding hydrogens is 370 g/mol. The summed E-state index contributed by atoms with van der Waals surface area (Å²) in [6.07, 6.45) is 3.53. The number of hydrogen-bond donors (Lipinski definition) is 1. The number of unbranched alkanes of at least 4 members (excludes halogenated alkanes) is 1. The number of nitrogens with two attached hydrogens (primary N) is 1. The monoisotopic (exact) mass is 395 g/mol. The molecule has 1 aliphatic rings. The van der Waals surface area contributed by atoms with Crippen LogP contribution in [-0.4, -0.2) is 25.5 Å². The number of methoxy groups -OCH3 is 1. The topological polar surface area (TPSA) is 86.4 Å². The zero-order valence-corrected chi connectivity index (χ0v) is 16.6. The van der Waals surface area contributed by atoms with Gasteiger partial charge in [0.2, 0.25) is 5.88 Å². The second-order valence-corrected chi connectivity index (χ2v) is 6.45. The SMILES string of the molecule is CCCCOC1=CC(C(=O)Oc2ccc(OC)cc2)C(N)=NN1c1ccccc1. The van der Waals surface area contributed by atoms with Crippen LogP contribution in [0.25, 0.3) is 0 Å². The number of anilines is 1. The van der Waals surface area contributed by atoms with Crippen LogP contribution < -0.4 is 20.2 Å². The summed E-state index contributed by atoms with van der Waals surface area (Å²) in [5.74, 6) is 0.296. The third-order valence-corrected chi connectivity index (χ3v) is 4.33. The number of hydrogen-bond acceptors (Lipinski definition) is 7. The highest BCUT2D eigenvalue weighted by Gasteiger charge is 2.31. The first-order chi connectivity index (χ1) is 14.1. The maximum atomic E-state index is 12.7. The Labute approximate surface area is 170 Å². The van der Waals surface area contributed by atoms with Crippen molar-refractivity contribution in [2.45, 2.75) is 19.8 Å². The predicted octanol–water partition coefficient (Wildman–Crippen LogP) is 3.67. The van der Waals surface area contributed by atoms with Crippen LogP contribution in [0.4, 0.5) is 5.69 Å². The number of benzene rings is 2. The maximum Gasteiger partial charge on any atom is 0.326 e. The molecule has 0 saturated heterocycles. The lowest BCUT2D eigenvalue weighted by Crippen LogP contribution is -2.39. The van der Waals surface area contributed by atoms with Crippen molar-refractivity contribution in [3.8, 4) is 11.5 Å². The largest absolute Gasteiger partial charge is 0.497 e. The molecule has 0 spiro atoms. The average Bonchev–Trinajstić information content (AvgIpc) is 2.75. The Morgan fingerprint density at radius 2 is 1.79 bits per heavy atom. The zero-order valence-electron chi connectivity index (χ0n) is 16.6. The highest BCUT2D eigenvalue weighted by atomic mass is 16.5. The number of hydrazone groups is 1. The van der Waals surface area contributed by atoms with Crippen LogP contribution in [0.2, 0.25) is 0 Å². The fourth-order valence-corrected chi connectivity index (χ4v) is 2.72. The van der Waals surface area contributed by atoms with Crippen molar-refractivity contribution < 1.29 is 19.0 Å². The summed E-state index contributed by atoms with van der Waals surface area (Å²) < 4.78 is 16.5. The Morgan fingerprint density at radius 1 is 1.10 bits per heavy atom. The quantitative estimate of drug-likeness (QED) is 0.417. The highest BCUT2D eigenvalue weighted by Crippen LogP contribution is 2.27. The second kappa shape index (κ2) is 9.64. The Balaban J connectivity index is 1.80. The first-order valence-electron chi connectivity index (χ1n) is 9.52. The van der Waals surface area contributed by atoms with E-state index in [9.17, 15) is 4.79 Å². The van der Waals surface area contributed by atoms with Gasteiger partial charge in [0, 0.05) is 0 Å². The van der Waals surface area contributed by atoms with Crippen LogP contribution in [0.1, 0.15) is 19.8 Å². The summed E-state index contributed by atoms with van der Waals surface area (Å²) >= 11 is 0. The van der Waals surface area contributed by atoms with Gasteiger partial charge in [-0.15, -0.1) is 0 Å². The summed E-state index contributed by atoms with van der Waals surface area (Å²) in [6, 6.07) is 16.2. The minimum atomic E-state index is -0.839. The van der Waals surface area contributed by atoms with Crippen LogP contribution in [0, 0.1) is 5.92 Å². The molecular formula is C22H25N3O4. The first-order valence-corrected chi connectivity index (χ1v) is 9.52. The van der Waals surface area contributed by atoms with Gasteiger partial charge in [-0.25, -0.2) is 0 Å². The summed E-state index contributed by atoms with van der Waals surface area (Å²) in [6.45, 7) is 2.60. The highest BCUT2D eigenvalue weighted by molar-refractivity contribution is 6.03. The fourth-order valence-electron chi connectivity index (χ4n) is 2.72. The van der Waals surface area contributed by atoms with Gasteiger partial charge in [0.05, 0.1) is 19.4 Å². The van der Waals surface area contributed by atoms with Crippen LogP contribution in [0.5, 0.6) is 11.5 Å². The fraction of sp³-hybridized carbons (Fsp3) is 0.273. The third-order valence-electron chi connectivity index (χ3n) is 4.33. The number of carbonyl (C=O) groups excluding carboxylic acids is 1. The molecule has 3 rings (SSSR count). The van der Waals surface area contributed by atoms with Crippen molar-refractivity contribution >= 4 is 17.5 Å². The van der Waals surface area contributed by atoms with Crippen molar-refractivity contribution in [3.63, 3.8) is 0 Å². The number of carbonyl (C=O) groups is 1. The lowest BCUT2D eigenvalue weighted by Gasteiger charge is -2.28. The molecule has 0 aromatic heterocycles. The van der Waals surface area contributed by atoms with Crippen LogP contribution >= 0.6 is 0 Å². The molecule has 7 nitrogen and oxygen atoms in total. The third kappa shape index (κ3) is 5.07. The average molecular weight is 395 g/mol. The molecule has 2 N–H and O–H groups in total. The molecule has 1 heterocycles. The lowest BCUT2D eigenvalue weighted by atomic mass is 10.1. The molecule has 2 aromatic carbocycles. The molecule has 0 aliphatic carbocycles. The molecule has 0 radical (unpaired) electrons. The van der Waals surface area contributed by atoms with Crippen LogP contribution in [-0.2, 0) is 9.53 Å². The number of esters is 1. The Bertz CT molecular complexity index is 879. The van der Waals surface area contributed by atoms with Gasteiger partial charge in [-0.1, -0.05) is 31.5 Å². The van der Waals surface area contributed by atoms with Gasteiger partial charge in [-0.3, -0.25) is 4.79 Å². The van der Waals surface area contributed by atoms with Gasteiger partial charge >= 0.3 is 5.97 Å². The van der Waals surface area contributed by atoms with E-state index >= 15 is 0 Å². The van der Waals surface area contributed by atoms with Gasteiger partial charge in [-0.2, -0.15) is 10.1 Å². The van der Waals surface area contributed by atoms with Crippen LogP contribution in [0.3, 0.4) is 0 Å². The molecule has 29 heavy (non-hydrogen) atoms. The van der Waals surface area contributed by atoms with E-state index in [1.165, 1.54) is 0 Å². The van der Waals surface area contributed by atoms with Crippen LogP contribution in [0.15, 0.2) is 71.7 Å². The summed E-state index contributed by atoms with van der Waals surface area (Å²) in [4.78, 5) is 12.7.